The lowest BCUT2D eigenvalue weighted by Crippen LogP contribution is -2.38. The zero-order valence-electron chi connectivity index (χ0n) is 10.1. The summed E-state index contributed by atoms with van der Waals surface area (Å²) in [6.07, 6.45) is -0.117. The van der Waals surface area contributed by atoms with Crippen LogP contribution in [0.1, 0.15) is 25.0 Å². The Bertz CT molecular complexity index is 434. The molecule has 6 heteroatoms. The van der Waals surface area contributed by atoms with Gasteiger partial charge in [0.1, 0.15) is 5.75 Å². The Kier molecular flexibility index (Phi) is 5.13. The maximum Gasteiger partial charge on any atom is 0.318 e. The Hall–Kier alpha value is -2.08. The van der Waals surface area contributed by atoms with Gasteiger partial charge in [-0.25, -0.2) is 4.79 Å². The lowest BCUT2D eigenvalue weighted by atomic mass is 10.1. The van der Waals surface area contributed by atoms with Crippen molar-refractivity contribution in [1.29, 1.82) is 0 Å². The largest absolute Gasteiger partial charge is 0.483 e. The van der Waals surface area contributed by atoms with Crippen molar-refractivity contribution in [3.63, 3.8) is 0 Å². The van der Waals surface area contributed by atoms with Crippen LogP contribution < -0.4 is 15.8 Å². The SMILES string of the molecule is CC[C@H](O)c1ccccc1OCC(=O)NC(N)=O. The molecule has 6 nitrogen and oxygen atoms in total. The van der Waals surface area contributed by atoms with Crippen molar-refractivity contribution in [2.45, 2.75) is 19.4 Å². The number of amides is 3. The minimum Gasteiger partial charge on any atom is -0.483 e. The molecule has 0 radical (unpaired) electrons. The highest BCUT2D eigenvalue weighted by Crippen LogP contribution is 2.26. The van der Waals surface area contributed by atoms with E-state index < -0.39 is 18.0 Å². The molecule has 98 valence electrons. The Morgan fingerprint density at radius 2 is 2.11 bits per heavy atom. The van der Waals surface area contributed by atoms with Crippen molar-refractivity contribution in [3.05, 3.63) is 29.8 Å². The van der Waals surface area contributed by atoms with Gasteiger partial charge >= 0.3 is 6.03 Å². The van der Waals surface area contributed by atoms with Gasteiger partial charge in [-0.3, -0.25) is 10.1 Å². The van der Waals surface area contributed by atoms with E-state index >= 15 is 0 Å². The standard InChI is InChI=1S/C12H16N2O4/c1-2-9(15)8-5-3-4-6-10(8)18-7-11(16)14-12(13)17/h3-6,9,15H,2,7H2,1H3,(H3,13,14,16,17)/t9-/m0/s1. The van der Waals surface area contributed by atoms with Gasteiger partial charge in [0.25, 0.3) is 5.91 Å². The lowest BCUT2D eigenvalue weighted by molar-refractivity contribution is -0.121. The van der Waals surface area contributed by atoms with Crippen molar-refractivity contribution >= 4 is 11.9 Å². The molecule has 0 aliphatic heterocycles. The van der Waals surface area contributed by atoms with Gasteiger partial charge in [0, 0.05) is 5.56 Å². The van der Waals surface area contributed by atoms with Gasteiger partial charge in [0.2, 0.25) is 0 Å². The van der Waals surface area contributed by atoms with Gasteiger partial charge in [-0.1, -0.05) is 25.1 Å². The number of carbonyl (C=O) groups is 2. The molecule has 0 aromatic heterocycles. The first-order valence-electron chi connectivity index (χ1n) is 5.53. The molecule has 0 aliphatic rings. The van der Waals surface area contributed by atoms with Gasteiger partial charge in [0.05, 0.1) is 6.10 Å². The van der Waals surface area contributed by atoms with E-state index in [-0.39, 0.29) is 6.61 Å². The van der Waals surface area contributed by atoms with E-state index in [1.807, 2.05) is 12.2 Å². The van der Waals surface area contributed by atoms with Crippen LogP contribution in [0.2, 0.25) is 0 Å². The van der Waals surface area contributed by atoms with Crippen LogP contribution in [0.3, 0.4) is 0 Å². The summed E-state index contributed by atoms with van der Waals surface area (Å²) in [6, 6.07) is 5.93. The van der Waals surface area contributed by atoms with Crippen LogP contribution in [-0.4, -0.2) is 23.7 Å². The van der Waals surface area contributed by atoms with E-state index in [1.165, 1.54) is 0 Å². The highest BCUT2D eigenvalue weighted by atomic mass is 16.5. The van der Waals surface area contributed by atoms with Crippen molar-refractivity contribution < 1.29 is 19.4 Å². The fourth-order valence-electron chi connectivity index (χ4n) is 1.42. The monoisotopic (exact) mass is 252 g/mol. The summed E-state index contributed by atoms with van der Waals surface area (Å²) in [7, 11) is 0. The van der Waals surface area contributed by atoms with E-state index in [0.717, 1.165) is 0 Å². The molecule has 1 aromatic carbocycles. The molecule has 0 heterocycles. The first-order valence-corrected chi connectivity index (χ1v) is 5.53. The maximum absolute atomic E-state index is 11.2. The molecule has 1 aromatic rings. The molecule has 0 bridgehead atoms. The Morgan fingerprint density at radius 3 is 2.72 bits per heavy atom. The quantitative estimate of drug-likeness (QED) is 0.718. The number of aliphatic hydroxyl groups excluding tert-OH is 1. The number of hydrogen-bond acceptors (Lipinski definition) is 4. The number of aliphatic hydroxyl groups is 1. The number of urea groups is 1. The van der Waals surface area contributed by atoms with Crippen LogP contribution >= 0.6 is 0 Å². The smallest absolute Gasteiger partial charge is 0.318 e. The number of nitrogens with two attached hydrogens (primary N) is 1. The molecule has 0 saturated heterocycles. The van der Waals surface area contributed by atoms with Gasteiger partial charge in [-0.05, 0) is 12.5 Å². The average molecular weight is 252 g/mol. The highest BCUT2D eigenvalue weighted by Gasteiger charge is 2.12. The van der Waals surface area contributed by atoms with Gasteiger partial charge < -0.3 is 15.6 Å². The van der Waals surface area contributed by atoms with E-state index in [0.29, 0.717) is 17.7 Å². The third-order valence-corrected chi connectivity index (χ3v) is 2.29. The Balaban J connectivity index is 2.67. The zero-order chi connectivity index (χ0) is 13.5. The average Bonchev–Trinajstić information content (AvgIpc) is 2.35. The molecule has 0 spiro atoms. The zero-order valence-corrected chi connectivity index (χ0v) is 10.1. The van der Waals surface area contributed by atoms with E-state index in [2.05, 4.69) is 0 Å². The van der Waals surface area contributed by atoms with Gasteiger partial charge in [0.15, 0.2) is 6.61 Å². The molecule has 1 atom stereocenters. The maximum atomic E-state index is 11.2. The molecule has 4 N–H and O–H groups in total. The van der Waals surface area contributed by atoms with Gasteiger partial charge in [-0.15, -0.1) is 0 Å². The molecule has 0 unspecified atom stereocenters. The summed E-state index contributed by atoms with van der Waals surface area (Å²) in [4.78, 5) is 21.6. The fourth-order valence-corrected chi connectivity index (χ4v) is 1.42. The van der Waals surface area contributed by atoms with Crippen LogP contribution in [0.4, 0.5) is 4.79 Å². The first-order chi connectivity index (χ1) is 8.54. The summed E-state index contributed by atoms with van der Waals surface area (Å²) in [5.74, 6) is -0.227. The van der Waals surface area contributed by atoms with Crippen molar-refractivity contribution in [3.8, 4) is 5.75 Å². The second-order valence-corrected chi connectivity index (χ2v) is 3.66. The van der Waals surface area contributed by atoms with Crippen LogP contribution in [0, 0.1) is 0 Å². The first kappa shape index (κ1) is 14.0. The second kappa shape index (κ2) is 6.61. The van der Waals surface area contributed by atoms with Crippen LogP contribution in [0.25, 0.3) is 0 Å². The normalized spacial score (nSPS) is 11.7. The number of para-hydroxylation sites is 1. The number of rotatable bonds is 5. The fraction of sp³-hybridized carbons (Fsp3) is 0.333. The molecule has 0 fully saturated rings. The number of nitrogens with one attached hydrogen (secondary N) is 1. The molecular formula is C12H16N2O4. The molecular weight excluding hydrogens is 236 g/mol. The summed E-state index contributed by atoms with van der Waals surface area (Å²) in [5, 5.41) is 11.7. The molecule has 1 rings (SSSR count). The number of hydrogen-bond donors (Lipinski definition) is 3. The van der Waals surface area contributed by atoms with E-state index in [9.17, 15) is 14.7 Å². The molecule has 0 saturated carbocycles. The third-order valence-electron chi connectivity index (χ3n) is 2.29. The number of imide groups is 1. The second-order valence-electron chi connectivity index (χ2n) is 3.66. The predicted octanol–water partition coefficient (Wildman–Crippen LogP) is 0.704. The topological polar surface area (TPSA) is 102 Å². The number of benzene rings is 1. The van der Waals surface area contributed by atoms with E-state index in [1.54, 1.807) is 24.3 Å². The summed E-state index contributed by atoms with van der Waals surface area (Å²) >= 11 is 0. The Morgan fingerprint density at radius 1 is 1.44 bits per heavy atom. The predicted molar refractivity (Wildman–Crippen MR) is 64.9 cm³/mol. The summed E-state index contributed by atoms with van der Waals surface area (Å²) in [6.45, 7) is 1.50. The summed E-state index contributed by atoms with van der Waals surface area (Å²) < 4.78 is 5.24. The number of ether oxygens (including phenoxy) is 1. The van der Waals surface area contributed by atoms with E-state index in [4.69, 9.17) is 10.5 Å². The van der Waals surface area contributed by atoms with Crippen LogP contribution in [-0.2, 0) is 4.79 Å². The Labute approximate surface area is 105 Å². The van der Waals surface area contributed by atoms with Crippen LogP contribution in [0.5, 0.6) is 5.75 Å². The summed E-state index contributed by atoms with van der Waals surface area (Å²) in [5.41, 5.74) is 5.40. The van der Waals surface area contributed by atoms with Crippen LogP contribution in [0.15, 0.2) is 24.3 Å². The minimum atomic E-state index is -0.925. The van der Waals surface area contributed by atoms with Crippen molar-refractivity contribution in [2.24, 2.45) is 5.73 Å². The molecule has 0 aliphatic carbocycles. The number of carbonyl (C=O) groups excluding carboxylic acids is 2. The third kappa shape index (κ3) is 4.06. The number of primary amides is 1. The van der Waals surface area contributed by atoms with Crippen molar-refractivity contribution in [1.82, 2.24) is 5.32 Å². The lowest BCUT2D eigenvalue weighted by Gasteiger charge is -2.14. The van der Waals surface area contributed by atoms with Gasteiger partial charge in [-0.2, -0.15) is 0 Å². The van der Waals surface area contributed by atoms with Crippen molar-refractivity contribution in [2.75, 3.05) is 6.61 Å². The molecule has 18 heavy (non-hydrogen) atoms. The highest BCUT2D eigenvalue weighted by molar-refractivity contribution is 5.94. The minimum absolute atomic E-state index is 0.337. The molecule has 3 amide bonds.